The number of rotatable bonds is 8. The van der Waals surface area contributed by atoms with Gasteiger partial charge >= 0.3 is 0 Å². The first-order valence-corrected chi connectivity index (χ1v) is 8.43. The third kappa shape index (κ3) is 5.66. The van der Waals surface area contributed by atoms with Crippen molar-refractivity contribution in [2.75, 3.05) is 31.0 Å². The number of methoxy groups -OCH3 is 1. The van der Waals surface area contributed by atoms with Gasteiger partial charge in [0.1, 0.15) is 18.4 Å². The molecule has 2 rings (SSSR count). The summed E-state index contributed by atoms with van der Waals surface area (Å²) in [5.41, 5.74) is 2.41. The van der Waals surface area contributed by atoms with Gasteiger partial charge in [0.25, 0.3) is 0 Å². The Labute approximate surface area is 153 Å². The fourth-order valence-electron chi connectivity index (χ4n) is 2.22. The highest BCUT2D eigenvalue weighted by atomic mass is 35.5. The lowest BCUT2D eigenvalue weighted by Gasteiger charge is -2.18. The summed E-state index contributed by atoms with van der Waals surface area (Å²) in [5.74, 6) is 0.523. The first-order valence-electron chi connectivity index (χ1n) is 8.05. The number of para-hydroxylation sites is 2. The summed E-state index contributed by atoms with van der Waals surface area (Å²) in [5, 5.41) is 6.66. The molecule has 0 spiro atoms. The normalized spacial score (nSPS) is 11.7. The van der Waals surface area contributed by atoms with E-state index >= 15 is 0 Å². The quantitative estimate of drug-likeness (QED) is 0.694. The number of hydrogen-bond donors (Lipinski definition) is 2. The van der Waals surface area contributed by atoms with Gasteiger partial charge in [-0.15, -0.1) is 0 Å². The number of halogens is 1. The van der Waals surface area contributed by atoms with Gasteiger partial charge in [-0.1, -0.05) is 29.8 Å². The zero-order chi connectivity index (χ0) is 18.2. The highest BCUT2D eigenvalue weighted by Crippen LogP contribution is 2.25. The van der Waals surface area contributed by atoms with Crippen molar-refractivity contribution >= 4 is 28.9 Å². The molecule has 2 aromatic carbocycles. The topological polar surface area (TPSA) is 59.6 Å². The minimum absolute atomic E-state index is 0.155. The van der Waals surface area contributed by atoms with Gasteiger partial charge in [0.2, 0.25) is 5.91 Å². The standard InChI is InChI=1S/C19H23ClN2O3/c1-13-8-9-15(20)12-17(13)22-19(23)14(2)21-16-6-4-5-7-18(16)25-11-10-24-3/h4-9,12,14,21H,10-11H2,1-3H3,(H,22,23). The first-order chi connectivity index (χ1) is 12.0. The van der Waals surface area contributed by atoms with E-state index in [1.54, 1.807) is 26.2 Å². The summed E-state index contributed by atoms with van der Waals surface area (Å²) >= 11 is 6.00. The Morgan fingerprint density at radius 3 is 2.68 bits per heavy atom. The van der Waals surface area contributed by atoms with Crippen molar-refractivity contribution in [3.05, 3.63) is 53.1 Å². The average molecular weight is 363 g/mol. The first kappa shape index (κ1) is 19.1. The molecule has 1 unspecified atom stereocenters. The summed E-state index contributed by atoms with van der Waals surface area (Å²) in [6, 6.07) is 12.4. The van der Waals surface area contributed by atoms with E-state index in [0.29, 0.717) is 29.7 Å². The molecule has 0 aliphatic heterocycles. The van der Waals surface area contributed by atoms with Crippen molar-refractivity contribution in [1.82, 2.24) is 0 Å². The monoisotopic (exact) mass is 362 g/mol. The van der Waals surface area contributed by atoms with Gasteiger partial charge < -0.3 is 20.1 Å². The number of carbonyl (C=O) groups is 1. The maximum absolute atomic E-state index is 12.5. The van der Waals surface area contributed by atoms with Crippen LogP contribution in [0.2, 0.25) is 5.02 Å². The third-order valence-corrected chi connectivity index (χ3v) is 3.89. The number of carbonyl (C=O) groups excluding carboxylic acids is 1. The molecule has 2 aromatic rings. The fraction of sp³-hybridized carbons (Fsp3) is 0.316. The molecule has 0 aromatic heterocycles. The molecule has 0 heterocycles. The second kappa shape index (κ2) is 9.30. The van der Waals surface area contributed by atoms with Gasteiger partial charge in [0.05, 0.1) is 12.3 Å². The van der Waals surface area contributed by atoms with Crippen LogP contribution >= 0.6 is 11.6 Å². The maximum Gasteiger partial charge on any atom is 0.246 e. The lowest BCUT2D eigenvalue weighted by molar-refractivity contribution is -0.116. The number of nitrogens with one attached hydrogen (secondary N) is 2. The molecule has 0 bridgehead atoms. The van der Waals surface area contributed by atoms with E-state index in [0.717, 1.165) is 11.3 Å². The van der Waals surface area contributed by atoms with Gasteiger partial charge in [0, 0.05) is 17.8 Å². The van der Waals surface area contributed by atoms with Crippen LogP contribution in [0.15, 0.2) is 42.5 Å². The molecule has 0 radical (unpaired) electrons. The highest BCUT2D eigenvalue weighted by Gasteiger charge is 2.16. The molecule has 1 amide bonds. The molecule has 0 saturated carbocycles. The largest absolute Gasteiger partial charge is 0.489 e. The number of benzene rings is 2. The Morgan fingerprint density at radius 1 is 1.16 bits per heavy atom. The molecular formula is C19H23ClN2O3. The number of aryl methyl sites for hydroxylation is 1. The molecule has 6 heteroatoms. The van der Waals surface area contributed by atoms with E-state index < -0.39 is 6.04 Å². The van der Waals surface area contributed by atoms with Crippen LogP contribution in [-0.2, 0) is 9.53 Å². The van der Waals surface area contributed by atoms with Gasteiger partial charge in [-0.2, -0.15) is 0 Å². The van der Waals surface area contributed by atoms with Gasteiger partial charge in [-0.3, -0.25) is 4.79 Å². The summed E-state index contributed by atoms with van der Waals surface area (Å²) < 4.78 is 10.7. The van der Waals surface area contributed by atoms with E-state index in [1.165, 1.54) is 0 Å². The average Bonchev–Trinajstić information content (AvgIpc) is 2.59. The van der Waals surface area contributed by atoms with Gasteiger partial charge in [0.15, 0.2) is 0 Å². The summed E-state index contributed by atoms with van der Waals surface area (Å²) in [4.78, 5) is 12.5. The van der Waals surface area contributed by atoms with Crippen molar-refractivity contribution in [3.8, 4) is 5.75 Å². The van der Waals surface area contributed by atoms with Crippen LogP contribution in [0, 0.1) is 6.92 Å². The Balaban J connectivity index is 2.02. The molecule has 0 aliphatic rings. The lowest BCUT2D eigenvalue weighted by Crippen LogP contribution is -2.32. The van der Waals surface area contributed by atoms with Crippen LogP contribution in [0.4, 0.5) is 11.4 Å². The molecule has 2 N–H and O–H groups in total. The summed E-state index contributed by atoms with van der Waals surface area (Å²) in [6.45, 7) is 4.65. The molecule has 134 valence electrons. The lowest BCUT2D eigenvalue weighted by atomic mass is 10.2. The zero-order valence-electron chi connectivity index (χ0n) is 14.6. The molecule has 0 saturated heterocycles. The van der Waals surface area contributed by atoms with Crippen molar-refractivity contribution in [1.29, 1.82) is 0 Å². The smallest absolute Gasteiger partial charge is 0.246 e. The Kier molecular flexibility index (Phi) is 7.10. The SMILES string of the molecule is COCCOc1ccccc1NC(C)C(=O)Nc1cc(Cl)ccc1C. The fourth-order valence-corrected chi connectivity index (χ4v) is 2.39. The Bertz CT molecular complexity index is 722. The third-order valence-electron chi connectivity index (χ3n) is 3.65. The number of anilines is 2. The van der Waals surface area contributed by atoms with Crippen LogP contribution < -0.4 is 15.4 Å². The zero-order valence-corrected chi connectivity index (χ0v) is 15.4. The molecule has 0 aliphatic carbocycles. The van der Waals surface area contributed by atoms with Gasteiger partial charge in [-0.05, 0) is 43.7 Å². The summed E-state index contributed by atoms with van der Waals surface area (Å²) in [6.07, 6.45) is 0. The molecule has 0 fully saturated rings. The van der Waals surface area contributed by atoms with Crippen LogP contribution in [0.3, 0.4) is 0 Å². The number of ether oxygens (including phenoxy) is 2. The second-order valence-corrected chi connectivity index (χ2v) is 6.09. The second-order valence-electron chi connectivity index (χ2n) is 5.65. The highest BCUT2D eigenvalue weighted by molar-refractivity contribution is 6.31. The van der Waals surface area contributed by atoms with Crippen LogP contribution in [0.25, 0.3) is 0 Å². The molecule has 5 nitrogen and oxygen atoms in total. The van der Waals surface area contributed by atoms with Crippen LogP contribution in [0.1, 0.15) is 12.5 Å². The van der Waals surface area contributed by atoms with E-state index in [2.05, 4.69) is 10.6 Å². The summed E-state index contributed by atoms with van der Waals surface area (Å²) in [7, 11) is 1.62. The van der Waals surface area contributed by atoms with E-state index in [4.69, 9.17) is 21.1 Å². The van der Waals surface area contributed by atoms with E-state index in [1.807, 2.05) is 37.3 Å². The molecule has 1 atom stereocenters. The van der Waals surface area contributed by atoms with E-state index in [9.17, 15) is 4.79 Å². The van der Waals surface area contributed by atoms with Crippen LogP contribution in [-0.4, -0.2) is 32.3 Å². The van der Waals surface area contributed by atoms with Crippen LogP contribution in [0.5, 0.6) is 5.75 Å². The predicted octanol–water partition coefficient (Wildman–Crippen LogP) is 4.11. The minimum atomic E-state index is -0.453. The Morgan fingerprint density at radius 2 is 1.92 bits per heavy atom. The van der Waals surface area contributed by atoms with Crippen molar-refractivity contribution in [2.45, 2.75) is 19.9 Å². The van der Waals surface area contributed by atoms with Gasteiger partial charge in [-0.25, -0.2) is 0 Å². The predicted molar refractivity (Wildman–Crippen MR) is 102 cm³/mol. The van der Waals surface area contributed by atoms with E-state index in [-0.39, 0.29) is 5.91 Å². The maximum atomic E-state index is 12.5. The van der Waals surface area contributed by atoms with Crippen molar-refractivity contribution < 1.29 is 14.3 Å². The Hall–Kier alpha value is -2.24. The number of hydrogen-bond acceptors (Lipinski definition) is 4. The minimum Gasteiger partial charge on any atom is -0.489 e. The molecular weight excluding hydrogens is 340 g/mol. The number of amides is 1. The van der Waals surface area contributed by atoms with Crippen molar-refractivity contribution in [2.24, 2.45) is 0 Å². The molecule has 25 heavy (non-hydrogen) atoms. The van der Waals surface area contributed by atoms with Crippen molar-refractivity contribution in [3.63, 3.8) is 0 Å².